The first-order chi connectivity index (χ1) is 8.47. The lowest BCUT2D eigenvalue weighted by atomic mass is 9.95. The van der Waals surface area contributed by atoms with Crippen molar-refractivity contribution in [2.24, 2.45) is 17.6 Å². The minimum atomic E-state index is 0.567. The van der Waals surface area contributed by atoms with Crippen LogP contribution < -0.4 is 11.1 Å². The molecule has 1 aromatic rings. The zero-order valence-corrected chi connectivity index (χ0v) is 12.5. The molecular weight excluding hydrogens is 220 g/mol. The Morgan fingerprint density at radius 1 is 1.11 bits per heavy atom. The molecule has 0 amide bonds. The molecule has 1 rings (SSSR count). The van der Waals surface area contributed by atoms with Gasteiger partial charge < -0.3 is 11.1 Å². The van der Waals surface area contributed by atoms with Crippen LogP contribution in [0.3, 0.4) is 0 Å². The highest BCUT2D eigenvalue weighted by Crippen LogP contribution is 2.17. The van der Waals surface area contributed by atoms with Gasteiger partial charge >= 0.3 is 0 Å². The number of hydrogen-bond acceptors (Lipinski definition) is 2. The molecule has 0 fully saturated rings. The standard InChI is InChI=1S/C16H28N2/c1-11(2)16(8-17)10-18-9-15-7-6-12(3)13(4)14(15)5/h6-7,11,16,18H,8-10,17H2,1-5H3. The van der Waals surface area contributed by atoms with Crippen molar-refractivity contribution in [2.75, 3.05) is 13.1 Å². The summed E-state index contributed by atoms with van der Waals surface area (Å²) in [5, 5.41) is 3.54. The summed E-state index contributed by atoms with van der Waals surface area (Å²) in [5.41, 5.74) is 11.4. The monoisotopic (exact) mass is 248 g/mol. The van der Waals surface area contributed by atoms with E-state index in [-0.39, 0.29) is 0 Å². The van der Waals surface area contributed by atoms with Crippen LogP contribution in [0.1, 0.15) is 36.1 Å². The third-order valence-corrected chi connectivity index (χ3v) is 4.14. The third kappa shape index (κ3) is 3.82. The van der Waals surface area contributed by atoms with Gasteiger partial charge in [-0.2, -0.15) is 0 Å². The van der Waals surface area contributed by atoms with E-state index < -0.39 is 0 Å². The van der Waals surface area contributed by atoms with Gasteiger partial charge in [0.15, 0.2) is 0 Å². The van der Waals surface area contributed by atoms with Gasteiger partial charge in [0.05, 0.1) is 0 Å². The van der Waals surface area contributed by atoms with Gasteiger partial charge in [0.2, 0.25) is 0 Å². The van der Waals surface area contributed by atoms with Crippen molar-refractivity contribution in [1.29, 1.82) is 0 Å². The number of aryl methyl sites for hydroxylation is 1. The van der Waals surface area contributed by atoms with Crippen LogP contribution in [-0.2, 0) is 6.54 Å². The van der Waals surface area contributed by atoms with Crippen molar-refractivity contribution in [1.82, 2.24) is 5.32 Å². The minimum Gasteiger partial charge on any atom is -0.330 e. The van der Waals surface area contributed by atoms with Crippen LogP contribution in [0.2, 0.25) is 0 Å². The maximum Gasteiger partial charge on any atom is 0.0208 e. The fourth-order valence-corrected chi connectivity index (χ4v) is 2.19. The molecule has 3 N–H and O–H groups in total. The van der Waals surface area contributed by atoms with Gasteiger partial charge in [-0.25, -0.2) is 0 Å². The first kappa shape index (κ1) is 15.2. The summed E-state index contributed by atoms with van der Waals surface area (Å²) in [6, 6.07) is 4.44. The highest BCUT2D eigenvalue weighted by Gasteiger charge is 2.11. The van der Waals surface area contributed by atoms with Crippen molar-refractivity contribution in [3.63, 3.8) is 0 Å². The molecule has 2 heteroatoms. The quantitative estimate of drug-likeness (QED) is 0.812. The molecule has 1 aromatic carbocycles. The topological polar surface area (TPSA) is 38.0 Å². The second kappa shape index (κ2) is 6.91. The summed E-state index contributed by atoms with van der Waals surface area (Å²) in [4.78, 5) is 0. The molecule has 0 saturated heterocycles. The van der Waals surface area contributed by atoms with Gasteiger partial charge in [-0.15, -0.1) is 0 Å². The maximum atomic E-state index is 5.79. The lowest BCUT2D eigenvalue weighted by Gasteiger charge is -2.20. The van der Waals surface area contributed by atoms with Gasteiger partial charge in [-0.05, 0) is 68.0 Å². The fraction of sp³-hybridized carbons (Fsp3) is 0.625. The molecular formula is C16H28N2. The lowest BCUT2D eigenvalue weighted by molar-refractivity contribution is 0.370. The van der Waals surface area contributed by atoms with Crippen molar-refractivity contribution in [2.45, 2.75) is 41.2 Å². The molecule has 0 bridgehead atoms. The largest absolute Gasteiger partial charge is 0.330 e. The molecule has 102 valence electrons. The molecule has 1 unspecified atom stereocenters. The highest BCUT2D eigenvalue weighted by atomic mass is 14.9. The van der Waals surface area contributed by atoms with E-state index in [1.807, 2.05) is 0 Å². The minimum absolute atomic E-state index is 0.567. The predicted molar refractivity (Wildman–Crippen MR) is 79.7 cm³/mol. The number of hydrogen-bond donors (Lipinski definition) is 2. The molecule has 0 radical (unpaired) electrons. The molecule has 18 heavy (non-hydrogen) atoms. The normalized spacial score (nSPS) is 13.1. The first-order valence-corrected chi connectivity index (χ1v) is 6.93. The summed E-state index contributed by atoms with van der Waals surface area (Å²) in [6.45, 7) is 13.8. The van der Waals surface area contributed by atoms with Crippen molar-refractivity contribution < 1.29 is 0 Å². The van der Waals surface area contributed by atoms with E-state index in [0.717, 1.165) is 19.6 Å². The molecule has 0 saturated carbocycles. The zero-order valence-electron chi connectivity index (χ0n) is 12.5. The van der Waals surface area contributed by atoms with E-state index in [4.69, 9.17) is 5.73 Å². The van der Waals surface area contributed by atoms with Crippen LogP contribution in [0.5, 0.6) is 0 Å². The number of nitrogens with one attached hydrogen (secondary N) is 1. The molecule has 0 aliphatic rings. The highest BCUT2D eigenvalue weighted by molar-refractivity contribution is 5.38. The van der Waals surface area contributed by atoms with Crippen LogP contribution in [0.15, 0.2) is 12.1 Å². The van der Waals surface area contributed by atoms with Crippen LogP contribution in [-0.4, -0.2) is 13.1 Å². The summed E-state index contributed by atoms with van der Waals surface area (Å²) < 4.78 is 0. The molecule has 0 heterocycles. The van der Waals surface area contributed by atoms with Crippen molar-refractivity contribution in [3.05, 3.63) is 34.4 Å². The lowest BCUT2D eigenvalue weighted by Crippen LogP contribution is -2.31. The second-order valence-electron chi connectivity index (χ2n) is 5.66. The number of rotatable bonds is 6. The van der Waals surface area contributed by atoms with E-state index in [1.54, 1.807) is 0 Å². The Hall–Kier alpha value is -0.860. The van der Waals surface area contributed by atoms with Crippen molar-refractivity contribution >= 4 is 0 Å². The Morgan fingerprint density at radius 2 is 1.78 bits per heavy atom. The van der Waals surface area contributed by atoms with Gasteiger partial charge in [0.25, 0.3) is 0 Å². The Morgan fingerprint density at radius 3 is 2.33 bits per heavy atom. The molecule has 0 spiro atoms. The average molecular weight is 248 g/mol. The first-order valence-electron chi connectivity index (χ1n) is 6.93. The molecule has 2 nitrogen and oxygen atoms in total. The third-order valence-electron chi connectivity index (χ3n) is 4.14. The smallest absolute Gasteiger partial charge is 0.0208 e. The van der Waals surface area contributed by atoms with E-state index in [9.17, 15) is 0 Å². The summed E-state index contributed by atoms with van der Waals surface area (Å²) in [6.07, 6.45) is 0. The predicted octanol–water partition coefficient (Wildman–Crippen LogP) is 2.93. The van der Waals surface area contributed by atoms with Gasteiger partial charge in [0, 0.05) is 6.54 Å². The SMILES string of the molecule is Cc1ccc(CNCC(CN)C(C)C)c(C)c1C. The Bertz CT molecular complexity index is 383. The molecule has 0 aromatic heterocycles. The Labute approximate surface area is 112 Å². The van der Waals surface area contributed by atoms with Gasteiger partial charge in [0.1, 0.15) is 0 Å². The maximum absolute atomic E-state index is 5.79. The summed E-state index contributed by atoms with van der Waals surface area (Å²) in [5.74, 6) is 1.21. The molecule has 0 aliphatic heterocycles. The number of nitrogens with two attached hydrogens (primary N) is 1. The van der Waals surface area contributed by atoms with Crippen molar-refractivity contribution in [3.8, 4) is 0 Å². The molecule has 1 atom stereocenters. The van der Waals surface area contributed by atoms with Gasteiger partial charge in [-0.1, -0.05) is 26.0 Å². The van der Waals surface area contributed by atoms with E-state index in [0.29, 0.717) is 11.8 Å². The van der Waals surface area contributed by atoms with Crippen LogP contribution in [0.4, 0.5) is 0 Å². The second-order valence-corrected chi connectivity index (χ2v) is 5.66. The average Bonchev–Trinajstić information content (AvgIpc) is 2.33. The van der Waals surface area contributed by atoms with E-state index in [1.165, 1.54) is 22.3 Å². The van der Waals surface area contributed by atoms with Crippen LogP contribution in [0, 0.1) is 32.6 Å². The van der Waals surface area contributed by atoms with E-state index >= 15 is 0 Å². The fourth-order valence-electron chi connectivity index (χ4n) is 2.19. The summed E-state index contributed by atoms with van der Waals surface area (Å²) in [7, 11) is 0. The summed E-state index contributed by atoms with van der Waals surface area (Å²) >= 11 is 0. The number of benzene rings is 1. The van der Waals surface area contributed by atoms with Crippen LogP contribution in [0.25, 0.3) is 0 Å². The molecule has 0 aliphatic carbocycles. The Kier molecular flexibility index (Phi) is 5.83. The van der Waals surface area contributed by atoms with Crippen LogP contribution >= 0.6 is 0 Å². The van der Waals surface area contributed by atoms with E-state index in [2.05, 4.69) is 52.1 Å². The zero-order chi connectivity index (χ0) is 13.7. The van der Waals surface area contributed by atoms with Gasteiger partial charge in [-0.3, -0.25) is 0 Å². The Balaban J connectivity index is 2.57.